The number of hydrogen-bond donors (Lipinski definition) is 2. The summed E-state index contributed by atoms with van der Waals surface area (Å²) in [6.07, 6.45) is 6.42. The summed E-state index contributed by atoms with van der Waals surface area (Å²) < 4.78 is 11.0. The summed E-state index contributed by atoms with van der Waals surface area (Å²) in [6, 6.07) is 15.7. The Labute approximate surface area is 167 Å². The van der Waals surface area contributed by atoms with Gasteiger partial charge in [-0.3, -0.25) is 4.79 Å². The zero-order valence-corrected chi connectivity index (χ0v) is 16.6. The molecule has 2 aromatic carbocycles. The second kappa shape index (κ2) is 10.7. The zero-order chi connectivity index (χ0) is 19.6. The van der Waals surface area contributed by atoms with E-state index in [2.05, 4.69) is 10.6 Å². The molecule has 2 aromatic rings. The van der Waals surface area contributed by atoms with Gasteiger partial charge in [0.25, 0.3) is 5.91 Å². The third-order valence-electron chi connectivity index (χ3n) is 4.94. The highest BCUT2D eigenvalue weighted by Gasteiger charge is 2.14. The van der Waals surface area contributed by atoms with E-state index in [0.717, 1.165) is 11.4 Å². The van der Waals surface area contributed by atoms with Gasteiger partial charge in [0.2, 0.25) is 0 Å². The molecule has 28 heavy (non-hydrogen) atoms. The largest absolute Gasteiger partial charge is 0.490 e. The van der Waals surface area contributed by atoms with E-state index in [4.69, 9.17) is 9.47 Å². The SMILES string of the molecule is CCOCCOc1ccccc1C(=O)Nc1ccc(NC2CCCCC2)cc1. The second-order valence-corrected chi connectivity index (χ2v) is 7.05. The van der Waals surface area contributed by atoms with Crippen molar-refractivity contribution in [2.24, 2.45) is 0 Å². The maximum absolute atomic E-state index is 12.7. The third-order valence-corrected chi connectivity index (χ3v) is 4.94. The lowest BCUT2D eigenvalue weighted by Crippen LogP contribution is -2.22. The molecule has 1 aliphatic rings. The van der Waals surface area contributed by atoms with Gasteiger partial charge in [0.1, 0.15) is 12.4 Å². The van der Waals surface area contributed by atoms with Crippen molar-refractivity contribution in [1.82, 2.24) is 0 Å². The highest BCUT2D eigenvalue weighted by atomic mass is 16.5. The van der Waals surface area contributed by atoms with Gasteiger partial charge in [-0.1, -0.05) is 31.4 Å². The van der Waals surface area contributed by atoms with Gasteiger partial charge in [-0.2, -0.15) is 0 Å². The number of ether oxygens (including phenoxy) is 2. The van der Waals surface area contributed by atoms with E-state index in [1.807, 2.05) is 43.3 Å². The Morgan fingerprint density at radius 1 is 0.964 bits per heavy atom. The van der Waals surface area contributed by atoms with Crippen LogP contribution < -0.4 is 15.4 Å². The van der Waals surface area contributed by atoms with Gasteiger partial charge < -0.3 is 20.1 Å². The Bertz CT molecular complexity index is 740. The Morgan fingerprint density at radius 2 is 1.68 bits per heavy atom. The molecule has 2 N–H and O–H groups in total. The minimum absolute atomic E-state index is 0.181. The first kappa shape index (κ1) is 20.2. The predicted octanol–water partition coefficient (Wildman–Crippen LogP) is 5.10. The average molecular weight is 383 g/mol. The van der Waals surface area contributed by atoms with E-state index in [9.17, 15) is 4.79 Å². The summed E-state index contributed by atoms with van der Waals surface area (Å²) in [5.74, 6) is 0.385. The molecule has 3 rings (SSSR count). The monoisotopic (exact) mass is 382 g/mol. The van der Waals surface area contributed by atoms with Crippen molar-refractivity contribution in [3.05, 3.63) is 54.1 Å². The molecule has 0 bridgehead atoms. The van der Waals surface area contributed by atoms with Crippen molar-refractivity contribution in [2.75, 3.05) is 30.5 Å². The van der Waals surface area contributed by atoms with Crippen molar-refractivity contribution in [1.29, 1.82) is 0 Å². The van der Waals surface area contributed by atoms with Crippen LogP contribution in [0.25, 0.3) is 0 Å². The fourth-order valence-electron chi connectivity index (χ4n) is 3.47. The molecule has 0 aliphatic heterocycles. The molecule has 1 saturated carbocycles. The van der Waals surface area contributed by atoms with Crippen LogP contribution in [-0.4, -0.2) is 31.8 Å². The number of carbonyl (C=O) groups is 1. The van der Waals surface area contributed by atoms with Gasteiger partial charge in [-0.05, 0) is 56.2 Å². The highest BCUT2D eigenvalue weighted by Crippen LogP contribution is 2.24. The first-order valence-electron chi connectivity index (χ1n) is 10.2. The molecule has 1 aliphatic carbocycles. The van der Waals surface area contributed by atoms with Crippen LogP contribution in [0.1, 0.15) is 49.4 Å². The first-order valence-corrected chi connectivity index (χ1v) is 10.2. The number of rotatable bonds is 9. The van der Waals surface area contributed by atoms with E-state index in [-0.39, 0.29) is 5.91 Å². The van der Waals surface area contributed by atoms with Crippen LogP contribution in [0, 0.1) is 0 Å². The Balaban J connectivity index is 1.57. The Kier molecular flexibility index (Phi) is 7.73. The molecular formula is C23H30N2O3. The number of carbonyl (C=O) groups excluding carboxylic acids is 1. The third kappa shape index (κ3) is 5.99. The minimum atomic E-state index is -0.181. The fraction of sp³-hybridized carbons (Fsp3) is 0.435. The normalized spacial score (nSPS) is 14.5. The molecule has 1 fully saturated rings. The summed E-state index contributed by atoms with van der Waals surface area (Å²) >= 11 is 0. The zero-order valence-electron chi connectivity index (χ0n) is 16.6. The number of nitrogens with one attached hydrogen (secondary N) is 2. The van der Waals surface area contributed by atoms with Crippen molar-refractivity contribution in [3.8, 4) is 5.75 Å². The fourth-order valence-corrected chi connectivity index (χ4v) is 3.47. The summed E-state index contributed by atoms with van der Waals surface area (Å²) in [4.78, 5) is 12.7. The standard InChI is InChI=1S/C23H30N2O3/c1-2-27-16-17-28-22-11-7-6-10-21(22)23(26)25-20-14-12-19(13-15-20)24-18-8-4-3-5-9-18/h6-7,10-15,18,24H,2-5,8-9,16-17H2,1H3,(H,25,26). The average Bonchev–Trinajstić information content (AvgIpc) is 2.74. The number of amides is 1. The van der Waals surface area contributed by atoms with E-state index in [0.29, 0.717) is 37.2 Å². The number of hydrogen-bond acceptors (Lipinski definition) is 4. The molecule has 0 atom stereocenters. The summed E-state index contributed by atoms with van der Waals surface area (Å²) in [5, 5.41) is 6.54. The molecule has 0 spiro atoms. The van der Waals surface area contributed by atoms with Crippen LogP contribution in [0.5, 0.6) is 5.75 Å². The number of benzene rings is 2. The van der Waals surface area contributed by atoms with Gasteiger partial charge >= 0.3 is 0 Å². The quantitative estimate of drug-likeness (QED) is 0.593. The Morgan fingerprint density at radius 3 is 2.43 bits per heavy atom. The lowest BCUT2D eigenvalue weighted by molar-refractivity contribution is 0.0998. The van der Waals surface area contributed by atoms with Gasteiger partial charge in [-0.25, -0.2) is 0 Å². The number of anilines is 2. The van der Waals surface area contributed by atoms with Crippen LogP contribution in [-0.2, 0) is 4.74 Å². The van der Waals surface area contributed by atoms with Crippen LogP contribution in [0.4, 0.5) is 11.4 Å². The smallest absolute Gasteiger partial charge is 0.259 e. The van der Waals surface area contributed by atoms with Crippen molar-refractivity contribution < 1.29 is 14.3 Å². The van der Waals surface area contributed by atoms with Crippen LogP contribution >= 0.6 is 0 Å². The van der Waals surface area contributed by atoms with Crippen LogP contribution in [0.2, 0.25) is 0 Å². The molecule has 0 radical (unpaired) electrons. The van der Waals surface area contributed by atoms with E-state index in [1.54, 1.807) is 12.1 Å². The predicted molar refractivity (Wildman–Crippen MR) is 113 cm³/mol. The maximum Gasteiger partial charge on any atom is 0.259 e. The molecular weight excluding hydrogens is 352 g/mol. The molecule has 0 aromatic heterocycles. The molecule has 5 nitrogen and oxygen atoms in total. The van der Waals surface area contributed by atoms with Gasteiger partial charge in [0.15, 0.2) is 0 Å². The van der Waals surface area contributed by atoms with Crippen LogP contribution in [0.15, 0.2) is 48.5 Å². The summed E-state index contributed by atoms with van der Waals surface area (Å²) in [6.45, 7) is 3.51. The first-order chi connectivity index (χ1) is 13.8. The van der Waals surface area contributed by atoms with Crippen LogP contribution in [0.3, 0.4) is 0 Å². The van der Waals surface area contributed by atoms with Crippen molar-refractivity contribution >= 4 is 17.3 Å². The van der Waals surface area contributed by atoms with E-state index < -0.39 is 0 Å². The highest BCUT2D eigenvalue weighted by molar-refractivity contribution is 6.06. The van der Waals surface area contributed by atoms with Crippen molar-refractivity contribution in [3.63, 3.8) is 0 Å². The minimum Gasteiger partial charge on any atom is -0.490 e. The summed E-state index contributed by atoms with van der Waals surface area (Å²) in [5.41, 5.74) is 2.39. The van der Waals surface area contributed by atoms with Gasteiger partial charge in [0.05, 0.1) is 12.2 Å². The molecule has 0 heterocycles. The molecule has 5 heteroatoms. The summed E-state index contributed by atoms with van der Waals surface area (Å²) in [7, 11) is 0. The van der Waals surface area contributed by atoms with E-state index in [1.165, 1.54) is 32.1 Å². The topological polar surface area (TPSA) is 59.6 Å². The van der Waals surface area contributed by atoms with Gasteiger partial charge in [-0.15, -0.1) is 0 Å². The van der Waals surface area contributed by atoms with Crippen molar-refractivity contribution in [2.45, 2.75) is 45.1 Å². The Hall–Kier alpha value is -2.53. The molecule has 150 valence electrons. The molecule has 1 amide bonds. The molecule has 0 saturated heterocycles. The number of para-hydroxylation sites is 1. The maximum atomic E-state index is 12.7. The molecule has 0 unspecified atom stereocenters. The van der Waals surface area contributed by atoms with Gasteiger partial charge in [0, 0.05) is 24.0 Å². The lowest BCUT2D eigenvalue weighted by atomic mass is 9.95. The lowest BCUT2D eigenvalue weighted by Gasteiger charge is -2.24. The second-order valence-electron chi connectivity index (χ2n) is 7.05. The van der Waals surface area contributed by atoms with E-state index >= 15 is 0 Å².